The monoisotopic (exact) mass is 365 g/mol. The van der Waals surface area contributed by atoms with Gasteiger partial charge >= 0.3 is 5.97 Å². The van der Waals surface area contributed by atoms with Crippen molar-refractivity contribution in [3.8, 4) is 11.5 Å². The lowest BCUT2D eigenvalue weighted by Gasteiger charge is -2.12. The van der Waals surface area contributed by atoms with E-state index in [0.717, 1.165) is 0 Å². The molecular weight excluding hydrogens is 346 g/mol. The summed E-state index contributed by atoms with van der Waals surface area (Å²) in [7, 11) is 3.06. The van der Waals surface area contributed by atoms with Crippen molar-refractivity contribution in [2.24, 2.45) is 0 Å². The molecular formula is C21H19NO5. The standard InChI is InChI=1S/C21H19NO5/c1-4-27-21(24)15-8-6-5-7-13(15)20(23)14-9-10-22-17-12-19(26-3)18(25-2)11-16(14)17/h5-12H,4H2,1-3H3. The summed E-state index contributed by atoms with van der Waals surface area (Å²) in [5.41, 5.74) is 1.51. The molecule has 27 heavy (non-hydrogen) atoms. The highest BCUT2D eigenvalue weighted by Gasteiger charge is 2.21. The number of ketones is 1. The quantitative estimate of drug-likeness (QED) is 0.490. The van der Waals surface area contributed by atoms with Crippen molar-refractivity contribution in [2.45, 2.75) is 6.92 Å². The molecule has 0 atom stereocenters. The summed E-state index contributed by atoms with van der Waals surface area (Å²) in [4.78, 5) is 29.8. The average Bonchev–Trinajstić information content (AvgIpc) is 2.71. The van der Waals surface area contributed by atoms with Crippen LogP contribution >= 0.6 is 0 Å². The minimum Gasteiger partial charge on any atom is -0.493 e. The van der Waals surface area contributed by atoms with Crippen molar-refractivity contribution in [1.82, 2.24) is 4.98 Å². The Morgan fingerprint density at radius 2 is 1.59 bits per heavy atom. The van der Waals surface area contributed by atoms with Gasteiger partial charge in [-0.25, -0.2) is 4.79 Å². The van der Waals surface area contributed by atoms with Gasteiger partial charge in [0.15, 0.2) is 17.3 Å². The van der Waals surface area contributed by atoms with E-state index < -0.39 is 5.97 Å². The first kappa shape index (κ1) is 18.4. The molecule has 0 saturated carbocycles. The van der Waals surface area contributed by atoms with Crippen LogP contribution in [0.5, 0.6) is 11.5 Å². The van der Waals surface area contributed by atoms with Crippen LogP contribution in [-0.2, 0) is 4.74 Å². The largest absolute Gasteiger partial charge is 0.493 e. The number of pyridine rings is 1. The maximum Gasteiger partial charge on any atom is 0.338 e. The number of hydrogen-bond donors (Lipinski definition) is 0. The van der Waals surface area contributed by atoms with Crippen molar-refractivity contribution in [1.29, 1.82) is 0 Å². The highest BCUT2D eigenvalue weighted by Crippen LogP contribution is 2.33. The van der Waals surface area contributed by atoms with E-state index in [0.29, 0.717) is 28.0 Å². The molecule has 0 saturated heterocycles. The second-order valence-corrected chi connectivity index (χ2v) is 5.68. The Morgan fingerprint density at radius 1 is 0.926 bits per heavy atom. The van der Waals surface area contributed by atoms with Crippen molar-refractivity contribution in [2.75, 3.05) is 20.8 Å². The van der Waals surface area contributed by atoms with Gasteiger partial charge in [0.2, 0.25) is 0 Å². The van der Waals surface area contributed by atoms with E-state index in [1.165, 1.54) is 14.2 Å². The lowest BCUT2D eigenvalue weighted by molar-refractivity contribution is 0.0523. The number of ether oxygens (including phenoxy) is 3. The highest BCUT2D eigenvalue weighted by atomic mass is 16.5. The van der Waals surface area contributed by atoms with Crippen LogP contribution < -0.4 is 9.47 Å². The molecule has 0 radical (unpaired) electrons. The molecule has 6 heteroatoms. The molecule has 0 bridgehead atoms. The summed E-state index contributed by atoms with van der Waals surface area (Å²) in [5, 5.41) is 0.610. The second kappa shape index (κ2) is 7.86. The molecule has 2 aromatic carbocycles. The Balaban J connectivity index is 2.16. The highest BCUT2D eigenvalue weighted by molar-refractivity contribution is 6.19. The number of carbonyl (C=O) groups is 2. The molecule has 0 N–H and O–H groups in total. The van der Waals surface area contributed by atoms with Gasteiger partial charge in [-0.1, -0.05) is 18.2 Å². The summed E-state index contributed by atoms with van der Waals surface area (Å²) < 4.78 is 15.7. The zero-order chi connectivity index (χ0) is 19.4. The Bertz CT molecular complexity index is 1010. The lowest BCUT2D eigenvalue weighted by Crippen LogP contribution is -2.13. The van der Waals surface area contributed by atoms with Crippen LogP contribution in [-0.4, -0.2) is 37.6 Å². The Morgan fingerprint density at radius 3 is 2.26 bits per heavy atom. The van der Waals surface area contributed by atoms with Crippen molar-refractivity contribution in [3.63, 3.8) is 0 Å². The molecule has 0 aliphatic carbocycles. The Labute approximate surface area is 156 Å². The number of rotatable bonds is 6. The van der Waals surface area contributed by atoms with Gasteiger partial charge in [-0.2, -0.15) is 0 Å². The van der Waals surface area contributed by atoms with E-state index in [4.69, 9.17) is 14.2 Å². The summed E-state index contributed by atoms with van der Waals surface area (Å²) in [6.45, 7) is 1.95. The molecule has 138 valence electrons. The van der Waals surface area contributed by atoms with Gasteiger partial charge in [-0.05, 0) is 25.1 Å². The van der Waals surface area contributed by atoms with Crippen LogP contribution in [0.25, 0.3) is 10.9 Å². The molecule has 6 nitrogen and oxygen atoms in total. The molecule has 1 heterocycles. The van der Waals surface area contributed by atoms with Crippen molar-refractivity contribution in [3.05, 3.63) is 65.4 Å². The topological polar surface area (TPSA) is 74.7 Å². The third-order valence-electron chi connectivity index (χ3n) is 4.16. The first-order valence-corrected chi connectivity index (χ1v) is 8.42. The van der Waals surface area contributed by atoms with Crippen molar-refractivity contribution < 1.29 is 23.8 Å². The van der Waals surface area contributed by atoms with Gasteiger partial charge in [0, 0.05) is 28.8 Å². The summed E-state index contributed by atoms with van der Waals surface area (Å²) >= 11 is 0. The molecule has 0 fully saturated rings. The third-order valence-corrected chi connectivity index (χ3v) is 4.16. The van der Waals surface area contributed by atoms with Crippen LogP contribution in [0.15, 0.2) is 48.7 Å². The maximum atomic E-state index is 13.2. The average molecular weight is 365 g/mol. The fraction of sp³-hybridized carbons (Fsp3) is 0.190. The van der Waals surface area contributed by atoms with Gasteiger partial charge in [0.1, 0.15) is 0 Å². The van der Waals surface area contributed by atoms with E-state index in [1.807, 2.05) is 0 Å². The fourth-order valence-corrected chi connectivity index (χ4v) is 2.88. The first-order chi connectivity index (χ1) is 13.1. The van der Waals surface area contributed by atoms with Crippen molar-refractivity contribution >= 4 is 22.7 Å². The number of methoxy groups -OCH3 is 2. The summed E-state index contributed by atoms with van der Waals surface area (Å²) in [6.07, 6.45) is 1.55. The number of aromatic nitrogens is 1. The third kappa shape index (κ3) is 3.46. The van der Waals surface area contributed by atoms with E-state index in [2.05, 4.69) is 4.98 Å². The van der Waals surface area contributed by atoms with Gasteiger partial charge < -0.3 is 14.2 Å². The van der Waals surface area contributed by atoms with Gasteiger partial charge in [0.25, 0.3) is 0 Å². The second-order valence-electron chi connectivity index (χ2n) is 5.68. The molecule has 1 aromatic heterocycles. The normalized spacial score (nSPS) is 10.5. The van der Waals surface area contributed by atoms with Crippen LogP contribution in [0.2, 0.25) is 0 Å². The molecule has 0 aliphatic heterocycles. The van der Waals surface area contributed by atoms with Crippen LogP contribution in [0.4, 0.5) is 0 Å². The number of carbonyl (C=O) groups excluding carboxylic acids is 2. The van der Waals surface area contributed by atoms with Gasteiger partial charge in [-0.15, -0.1) is 0 Å². The van der Waals surface area contributed by atoms with E-state index in [-0.39, 0.29) is 23.5 Å². The minimum atomic E-state index is -0.529. The zero-order valence-electron chi connectivity index (χ0n) is 15.3. The number of esters is 1. The molecule has 3 rings (SSSR count). The molecule has 0 spiro atoms. The lowest BCUT2D eigenvalue weighted by atomic mass is 9.96. The molecule has 3 aromatic rings. The summed E-state index contributed by atoms with van der Waals surface area (Å²) in [6, 6.07) is 11.6. The van der Waals surface area contributed by atoms with E-state index >= 15 is 0 Å². The minimum absolute atomic E-state index is 0.231. The van der Waals surface area contributed by atoms with Crippen LogP contribution in [0, 0.1) is 0 Å². The molecule has 0 unspecified atom stereocenters. The van der Waals surface area contributed by atoms with Crippen LogP contribution in [0.3, 0.4) is 0 Å². The fourth-order valence-electron chi connectivity index (χ4n) is 2.88. The van der Waals surface area contributed by atoms with Gasteiger partial charge in [0.05, 0.1) is 31.9 Å². The molecule has 0 amide bonds. The Hall–Kier alpha value is -3.41. The maximum absolute atomic E-state index is 13.2. The first-order valence-electron chi connectivity index (χ1n) is 8.42. The smallest absolute Gasteiger partial charge is 0.338 e. The zero-order valence-corrected chi connectivity index (χ0v) is 15.3. The summed E-state index contributed by atoms with van der Waals surface area (Å²) in [5.74, 6) is 0.192. The number of nitrogens with zero attached hydrogens (tertiary/aromatic N) is 1. The SMILES string of the molecule is CCOC(=O)c1ccccc1C(=O)c1ccnc2cc(OC)c(OC)cc12. The van der Waals surface area contributed by atoms with E-state index in [1.54, 1.807) is 55.6 Å². The number of benzene rings is 2. The number of hydrogen-bond acceptors (Lipinski definition) is 6. The predicted octanol–water partition coefficient (Wildman–Crippen LogP) is 3.66. The van der Waals surface area contributed by atoms with E-state index in [9.17, 15) is 9.59 Å². The van der Waals surface area contributed by atoms with Crippen LogP contribution in [0.1, 0.15) is 33.2 Å². The van der Waals surface area contributed by atoms with Gasteiger partial charge in [-0.3, -0.25) is 9.78 Å². The number of fused-ring (bicyclic) bond motifs is 1. The molecule has 0 aliphatic rings. The predicted molar refractivity (Wildman–Crippen MR) is 101 cm³/mol. The Kier molecular flexibility index (Phi) is 5.35.